The van der Waals surface area contributed by atoms with Crippen molar-refractivity contribution >= 4 is 45.5 Å². The topological polar surface area (TPSA) is 144 Å². The number of rotatable bonds is 8. The molecule has 1 unspecified atom stereocenters. The van der Waals surface area contributed by atoms with Crippen LogP contribution >= 0.6 is 11.3 Å². The van der Waals surface area contributed by atoms with Crippen LogP contribution in [0.3, 0.4) is 0 Å². The summed E-state index contributed by atoms with van der Waals surface area (Å²) in [6.07, 6.45) is 3.12. The fourth-order valence-electron chi connectivity index (χ4n) is 4.72. The Balaban J connectivity index is 1.74. The number of phenols is 1. The fraction of sp³-hybridized carbons (Fsp3) is 0.207. The number of aromatic nitrogens is 3. The number of hydrogen-bond donors (Lipinski definition) is 2. The van der Waals surface area contributed by atoms with Crippen LogP contribution in [0.2, 0.25) is 0 Å². The van der Waals surface area contributed by atoms with Crippen molar-refractivity contribution in [3.05, 3.63) is 88.3 Å². The molecule has 4 aromatic rings. The summed E-state index contributed by atoms with van der Waals surface area (Å²) in [5.74, 6) is -2.99. The molecule has 12 heteroatoms. The Morgan fingerprint density at radius 2 is 1.95 bits per heavy atom. The van der Waals surface area contributed by atoms with Crippen molar-refractivity contribution in [3.63, 3.8) is 0 Å². The van der Waals surface area contributed by atoms with Gasteiger partial charge in [-0.3, -0.25) is 18.9 Å². The molecule has 11 nitrogen and oxygen atoms in total. The van der Waals surface area contributed by atoms with E-state index in [9.17, 15) is 24.6 Å². The number of phenolic OH excluding ortho intramolecular Hbond substituents is 1. The Hall–Kier alpha value is -4.97. The van der Waals surface area contributed by atoms with E-state index in [2.05, 4.69) is 16.5 Å². The number of carbonyl (C=O) groups excluding carboxylic acids is 3. The molecule has 3 aromatic heterocycles. The molecule has 0 spiro atoms. The molecule has 1 atom stereocenters. The third-order valence-corrected chi connectivity index (χ3v) is 7.62. The predicted molar refractivity (Wildman–Crippen MR) is 151 cm³/mol. The number of benzene rings is 1. The number of ketones is 1. The van der Waals surface area contributed by atoms with Gasteiger partial charge in [0.15, 0.2) is 22.4 Å². The van der Waals surface area contributed by atoms with E-state index in [-0.39, 0.29) is 46.0 Å². The lowest BCUT2D eigenvalue weighted by atomic mass is 9.96. The second-order valence-electron chi connectivity index (χ2n) is 9.10. The molecule has 2 N–H and O–H groups in total. The molecule has 210 valence electrons. The van der Waals surface area contributed by atoms with E-state index in [0.29, 0.717) is 22.6 Å². The molecule has 41 heavy (non-hydrogen) atoms. The normalized spacial score (nSPS) is 16.4. The van der Waals surface area contributed by atoms with E-state index in [1.54, 1.807) is 49.6 Å². The van der Waals surface area contributed by atoms with Gasteiger partial charge in [-0.2, -0.15) is 0 Å². The number of nitrogens with zero attached hydrogens (tertiary/aromatic N) is 4. The highest BCUT2D eigenvalue weighted by atomic mass is 32.1. The minimum atomic E-state index is -1.17. The summed E-state index contributed by atoms with van der Waals surface area (Å²) in [7, 11) is 0. The van der Waals surface area contributed by atoms with Crippen LogP contribution in [-0.4, -0.2) is 55.5 Å². The third-order valence-electron chi connectivity index (χ3n) is 6.48. The average Bonchev–Trinajstić information content (AvgIpc) is 3.58. The first-order valence-electron chi connectivity index (χ1n) is 12.6. The molecule has 1 amide bonds. The third kappa shape index (κ3) is 4.72. The zero-order chi connectivity index (χ0) is 29.4. The van der Waals surface area contributed by atoms with E-state index in [0.717, 1.165) is 16.2 Å². The lowest BCUT2D eigenvalue weighted by molar-refractivity contribution is -0.132. The highest BCUT2D eigenvalue weighted by Gasteiger charge is 2.49. The summed E-state index contributed by atoms with van der Waals surface area (Å²) in [6, 6.07) is 8.52. The van der Waals surface area contributed by atoms with Gasteiger partial charge in [-0.25, -0.2) is 14.8 Å². The van der Waals surface area contributed by atoms with E-state index in [1.165, 1.54) is 24.3 Å². The highest BCUT2D eigenvalue weighted by molar-refractivity contribution is 7.17. The molecule has 0 bridgehead atoms. The summed E-state index contributed by atoms with van der Waals surface area (Å²) in [4.78, 5) is 50.1. The number of aryl methyl sites for hydroxylation is 2. The summed E-state index contributed by atoms with van der Waals surface area (Å²) in [5.41, 5.74) is 1.69. The van der Waals surface area contributed by atoms with Gasteiger partial charge in [-0.1, -0.05) is 36.1 Å². The number of ether oxygens (including phenoxy) is 2. The number of fused-ring (bicyclic) bond motifs is 1. The van der Waals surface area contributed by atoms with Crippen LogP contribution in [0.5, 0.6) is 11.5 Å². The molecular formula is C29H26N4O7S. The van der Waals surface area contributed by atoms with E-state index in [4.69, 9.17) is 9.47 Å². The molecule has 0 saturated carbocycles. The standard InChI is InChI=1S/C29H26N4O7S/c1-5-13-40-28(38)26-16(4)31-29(41-26)33-23(17-10-11-18(34)19(14-17)39-6-2)21(25(36)27(33)37)24(35)22-15(3)30-20-9-7-8-12-32(20)22/h5,7-12,14,23,34-35H,1,6,13H2,2-4H3/b24-21+. The van der Waals surface area contributed by atoms with Crippen LogP contribution in [0.4, 0.5) is 5.13 Å². The zero-order valence-corrected chi connectivity index (χ0v) is 23.3. The summed E-state index contributed by atoms with van der Waals surface area (Å²) >= 11 is 0.885. The Morgan fingerprint density at radius 3 is 2.68 bits per heavy atom. The van der Waals surface area contributed by atoms with Crippen molar-refractivity contribution in [2.45, 2.75) is 26.8 Å². The number of amides is 1. The van der Waals surface area contributed by atoms with Gasteiger partial charge in [0.25, 0.3) is 5.78 Å². The number of aliphatic hydroxyl groups is 1. The Bertz CT molecular complexity index is 1750. The van der Waals surface area contributed by atoms with Gasteiger partial charge in [-0.15, -0.1) is 0 Å². The van der Waals surface area contributed by atoms with Gasteiger partial charge in [0.2, 0.25) is 0 Å². The van der Waals surface area contributed by atoms with Crippen molar-refractivity contribution in [1.82, 2.24) is 14.4 Å². The van der Waals surface area contributed by atoms with Gasteiger partial charge < -0.3 is 19.7 Å². The maximum atomic E-state index is 13.7. The molecule has 1 saturated heterocycles. The van der Waals surface area contributed by atoms with Gasteiger partial charge >= 0.3 is 11.9 Å². The number of pyridine rings is 1. The van der Waals surface area contributed by atoms with Crippen LogP contribution in [-0.2, 0) is 14.3 Å². The maximum Gasteiger partial charge on any atom is 0.350 e. The van der Waals surface area contributed by atoms with Crippen molar-refractivity contribution < 1.29 is 34.1 Å². The second-order valence-corrected chi connectivity index (χ2v) is 10.1. The van der Waals surface area contributed by atoms with Gasteiger partial charge in [-0.05, 0) is 50.6 Å². The smallest absolute Gasteiger partial charge is 0.350 e. The molecule has 0 radical (unpaired) electrons. The quantitative estimate of drug-likeness (QED) is 0.102. The Labute approximate surface area is 238 Å². The Kier molecular flexibility index (Phi) is 7.33. The number of esters is 1. The second kappa shape index (κ2) is 10.9. The molecule has 5 rings (SSSR count). The number of Topliss-reactive ketones (excluding diaryl/α,β-unsaturated/α-hetero) is 1. The van der Waals surface area contributed by atoms with Crippen LogP contribution in [0.25, 0.3) is 11.4 Å². The summed E-state index contributed by atoms with van der Waals surface area (Å²) in [5, 5.41) is 22.1. The molecule has 0 aliphatic carbocycles. The van der Waals surface area contributed by atoms with Gasteiger partial charge in [0.1, 0.15) is 22.8 Å². The average molecular weight is 575 g/mol. The first kappa shape index (κ1) is 27.6. The van der Waals surface area contributed by atoms with E-state index < -0.39 is 29.5 Å². The number of imidazole rings is 1. The largest absolute Gasteiger partial charge is 0.505 e. The van der Waals surface area contributed by atoms with Crippen LogP contribution in [0.15, 0.2) is 60.8 Å². The van der Waals surface area contributed by atoms with Crippen molar-refractivity contribution in [2.75, 3.05) is 18.1 Å². The molecule has 1 aromatic carbocycles. The lowest BCUT2D eigenvalue weighted by Crippen LogP contribution is -2.29. The van der Waals surface area contributed by atoms with Crippen molar-refractivity contribution in [1.29, 1.82) is 0 Å². The van der Waals surface area contributed by atoms with Gasteiger partial charge in [0.05, 0.1) is 29.6 Å². The minimum Gasteiger partial charge on any atom is -0.505 e. The van der Waals surface area contributed by atoms with E-state index in [1.807, 2.05) is 0 Å². The minimum absolute atomic E-state index is 0.0115. The first-order chi connectivity index (χ1) is 19.7. The molecular weight excluding hydrogens is 548 g/mol. The van der Waals surface area contributed by atoms with Crippen LogP contribution in [0.1, 0.15) is 45.3 Å². The number of aromatic hydroxyl groups is 1. The number of thiazole rings is 1. The number of anilines is 1. The predicted octanol–water partition coefficient (Wildman–Crippen LogP) is 4.48. The zero-order valence-electron chi connectivity index (χ0n) is 22.5. The summed E-state index contributed by atoms with van der Waals surface area (Å²) in [6.45, 7) is 8.79. The number of carbonyl (C=O) groups is 3. The lowest BCUT2D eigenvalue weighted by Gasteiger charge is -2.23. The molecule has 4 heterocycles. The number of hydrogen-bond acceptors (Lipinski definition) is 10. The van der Waals surface area contributed by atoms with Crippen LogP contribution in [0, 0.1) is 13.8 Å². The number of aliphatic hydroxyl groups excluding tert-OH is 1. The van der Waals surface area contributed by atoms with E-state index >= 15 is 0 Å². The highest BCUT2D eigenvalue weighted by Crippen LogP contribution is 2.45. The first-order valence-corrected chi connectivity index (χ1v) is 13.5. The van der Waals surface area contributed by atoms with Crippen molar-refractivity contribution in [2.24, 2.45) is 0 Å². The molecule has 1 fully saturated rings. The van der Waals surface area contributed by atoms with Crippen molar-refractivity contribution in [3.8, 4) is 11.5 Å². The molecule has 1 aliphatic rings. The summed E-state index contributed by atoms with van der Waals surface area (Å²) < 4.78 is 12.3. The van der Waals surface area contributed by atoms with Gasteiger partial charge in [0, 0.05) is 6.20 Å². The monoisotopic (exact) mass is 574 g/mol. The Morgan fingerprint density at radius 1 is 1.17 bits per heavy atom. The fourth-order valence-corrected chi connectivity index (χ4v) is 5.71. The maximum absolute atomic E-state index is 13.7. The van der Waals surface area contributed by atoms with Crippen LogP contribution < -0.4 is 9.64 Å². The molecule has 1 aliphatic heterocycles. The SMILES string of the molecule is C=CCOC(=O)c1sc(N2C(=O)C(=O)/C(=C(/O)c3c(C)nc4ccccn34)C2c2ccc(O)c(OCC)c2)nc1C.